The first-order valence-electron chi connectivity index (χ1n) is 6.12. The summed E-state index contributed by atoms with van der Waals surface area (Å²) in [4.78, 5) is 17.0. The van der Waals surface area contributed by atoms with E-state index in [1.807, 2.05) is 13.1 Å². The van der Waals surface area contributed by atoms with Gasteiger partial charge < -0.3 is 15.1 Å². The minimum atomic E-state index is -0.998. The van der Waals surface area contributed by atoms with Gasteiger partial charge in [-0.15, -0.1) is 0 Å². The van der Waals surface area contributed by atoms with E-state index in [1.54, 1.807) is 6.07 Å². The van der Waals surface area contributed by atoms with Crippen LogP contribution in [0.4, 0.5) is 0 Å². The molecule has 0 aliphatic heterocycles. The van der Waals surface area contributed by atoms with Crippen molar-refractivity contribution in [1.29, 1.82) is 0 Å². The van der Waals surface area contributed by atoms with Gasteiger partial charge in [-0.05, 0) is 45.0 Å². The van der Waals surface area contributed by atoms with Gasteiger partial charge in [-0.3, -0.25) is 0 Å². The molecule has 1 aromatic heterocycles. The molecule has 0 amide bonds. The maximum Gasteiger partial charge on any atom is 0.354 e. The predicted octanol–water partition coefficient (Wildman–Crippen LogP) is 1.37. The number of unbranched alkanes of at least 4 members (excludes halogenated alkanes) is 2. The van der Waals surface area contributed by atoms with Crippen molar-refractivity contribution in [3.63, 3.8) is 0 Å². The third-order valence-corrected chi connectivity index (χ3v) is 2.66. The molecule has 2 N–H and O–H groups in total. The summed E-state index contributed by atoms with van der Waals surface area (Å²) >= 11 is 0. The van der Waals surface area contributed by atoms with E-state index < -0.39 is 5.97 Å². The normalized spacial score (nSPS) is 10.8. The molecule has 0 unspecified atom stereocenters. The Morgan fingerprint density at radius 3 is 2.78 bits per heavy atom. The summed E-state index contributed by atoms with van der Waals surface area (Å²) < 4.78 is 0. The zero-order valence-corrected chi connectivity index (χ0v) is 10.7. The fraction of sp³-hybridized carbons (Fsp3) is 0.538. The monoisotopic (exact) mass is 252 g/mol. The van der Waals surface area contributed by atoms with Gasteiger partial charge in [-0.2, -0.15) is 0 Å². The van der Waals surface area contributed by atoms with Gasteiger partial charge in [0.2, 0.25) is 0 Å². The number of aromatic carboxylic acids is 1. The molecule has 1 heterocycles. The number of aliphatic hydroxyl groups excluding tert-OH is 1. The van der Waals surface area contributed by atoms with Crippen LogP contribution >= 0.6 is 0 Å². The first kappa shape index (κ1) is 14.6. The van der Waals surface area contributed by atoms with Gasteiger partial charge in [-0.25, -0.2) is 9.78 Å². The number of hydrogen-bond donors (Lipinski definition) is 2. The van der Waals surface area contributed by atoms with Gasteiger partial charge in [-0.1, -0.05) is 6.07 Å². The fourth-order valence-electron chi connectivity index (χ4n) is 1.71. The number of aliphatic hydroxyl groups is 1. The highest BCUT2D eigenvalue weighted by Crippen LogP contribution is 2.04. The number of rotatable bonds is 8. The lowest BCUT2D eigenvalue weighted by molar-refractivity contribution is 0.0690. The molecule has 5 heteroatoms. The summed E-state index contributed by atoms with van der Waals surface area (Å²) in [6, 6.07) is 5.04. The summed E-state index contributed by atoms with van der Waals surface area (Å²) in [6.45, 7) is 1.80. The Balaban J connectivity index is 2.41. The van der Waals surface area contributed by atoms with Crippen molar-refractivity contribution in [2.24, 2.45) is 0 Å². The standard InChI is InChI=1S/C13H20N2O3/c1-15(8-3-2-4-9-16)10-11-6-5-7-12(14-11)13(17)18/h5-7,16H,2-4,8-10H2,1H3,(H,17,18). The lowest BCUT2D eigenvalue weighted by Gasteiger charge is -2.15. The van der Waals surface area contributed by atoms with Crippen LogP contribution in [0.3, 0.4) is 0 Å². The number of carboxylic acid groups (broad SMARTS) is 1. The van der Waals surface area contributed by atoms with Crippen LogP contribution in [0.25, 0.3) is 0 Å². The van der Waals surface area contributed by atoms with Crippen LogP contribution < -0.4 is 0 Å². The highest BCUT2D eigenvalue weighted by Gasteiger charge is 2.06. The summed E-state index contributed by atoms with van der Waals surface area (Å²) in [6.07, 6.45) is 2.86. The second kappa shape index (κ2) is 7.79. The quantitative estimate of drug-likeness (QED) is 0.684. The zero-order chi connectivity index (χ0) is 13.4. The molecule has 1 rings (SSSR count). The molecule has 0 fully saturated rings. The Morgan fingerprint density at radius 2 is 2.11 bits per heavy atom. The molecule has 0 aliphatic carbocycles. The minimum Gasteiger partial charge on any atom is -0.477 e. The van der Waals surface area contributed by atoms with Crippen molar-refractivity contribution in [2.45, 2.75) is 25.8 Å². The van der Waals surface area contributed by atoms with E-state index in [2.05, 4.69) is 9.88 Å². The summed E-state index contributed by atoms with van der Waals surface area (Å²) in [5.41, 5.74) is 0.848. The lowest BCUT2D eigenvalue weighted by Crippen LogP contribution is -2.20. The van der Waals surface area contributed by atoms with Gasteiger partial charge in [0.05, 0.1) is 5.69 Å². The molecule has 0 saturated carbocycles. The van der Waals surface area contributed by atoms with Crippen molar-refractivity contribution >= 4 is 5.97 Å². The Labute approximate surface area is 107 Å². The van der Waals surface area contributed by atoms with Crippen LogP contribution in [0.15, 0.2) is 18.2 Å². The minimum absolute atomic E-state index is 0.0844. The Kier molecular flexibility index (Phi) is 6.32. The van der Waals surface area contributed by atoms with Gasteiger partial charge in [0.1, 0.15) is 5.69 Å². The highest BCUT2D eigenvalue weighted by atomic mass is 16.4. The first-order chi connectivity index (χ1) is 8.63. The number of carbonyl (C=O) groups is 1. The summed E-state index contributed by atoms with van der Waals surface area (Å²) in [7, 11) is 1.98. The average molecular weight is 252 g/mol. The van der Waals surface area contributed by atoms with Gasteiger partial charge in [0.25, 0.3) is 0 Å². The molecule has 5 nitrogen and oxygen atoms in total. The molecule has 0 aliphatic rings. The third-order valence-electron chi connectivity index (χ3n) is 2.66. The van der Waals surface area contributed by atoms with Crippen LogP contribution in [0.2, 0.25) is 0 Å². The maximum absolute atomic E-state index is 10.8. The number of aromatic nitrogens is 1. The summed E-state index contributed by atoms with van der Waals surface area (Å²) in [5, 5.41) is 17.5. The van der Waals surface area contributed by atoms with Crippen LogP contribution in [0, 0.1) is 0 Å². The van der Waals surface area contributed by atoms with E-state index in [0.29, 0.717) is 6.54 Å². The topological polar surface area (TPSA) is 73.7 Å². The molecular formula is C13H20N2O3. The second-order valence-electron chi connectivity index (χ2n) is 4.34. The van der Waals surface area contributed by atoms with E-state index in [9.17, 15) is 4.79 Å². The molecule has 0 aromatic carbocycles. The fourth-order valence-corrected chi connectivity index (χ4v) is 1.71. The van der Waals surface area contributed by atoms with E-state index in [0.717, 1.165) is 31.5 Å². The molecule has 100 valence electrons. The van der Waals surface area contributed by atoms with E-state index in [4.69, 9.17) is 10.2 Å². The van der Waals surface area contributed by atoms with Gasteiger partial charge in [0, 0.05) is 13.2 Å². The zero-order valence-electron chi connectivity index (χ0n) is 10.7. The van der Waals surface area contributed by atoms with Gasteiger partial charge in [0.15, 0.2) is 0 Å². The van der Waals surface area contributed by atoms with Crippen molar-refractivity contribution < 1.29 is 15.0 Å². The Bertz CT molecular complexity index is 382. The number of carboxylic acids is 1. The van der Waals surface area contributed by atoms with Crippen molar-refractivity contribution in [3.05, 3.63) is 29.6 Å². The number of nitrogens with zero attached hydrogens (tertiary/aromatic N) is 2. The lowest BCUT2D eigenvalue weighted by atomic mass is 10.2. The Morgan fingerprint density at radius 1 is 1.33 bits per heavy atom. The van der Waals surface area contributed by atoms with Crippen LogP contribution in [0.5, 0.6) is 0 Å². The average Bonchev–Trinajstić information content (AvgIpc) is 2.35. The molecule has 0 bridgehead atoms. The highest BCUT2D eigenvalue weighted by molar-refractivity contribution is 5.85. The van der Waals surface area contributed by atoms with Crippen LogP contribution in [-0.4, -0.2) is 46.3 Å². The molecule has 0 spiro atoms. The predicted molar refractivity (Wildman–Crippen MR) is 68.5 cm³/mol. The first-order valence-corrected chi connectivity index (χ1v) is 6.12. The molecule has 0 radical (unpaired) electrons. The molecule has 0 saturated heterocycles. The molecular weight excluding hydrogens is 232 g/mol. The van der Waals surface area contributed by atoms with Gasteiger partial charge >= 0.3 is 5.97 Å². The SMILES string of the molecule is CN(CCCCCO)Cc1cccc(C(=O)O)n1. The molecule has 1 aromatic rings. The molecule has 0 atom stereocenters. The molecule has 18 heavy (non-hydrogen) atoms. The Hall–Kier alpha value is -1.46. The van der Waals surface area contributed by atoms with Crippen molar-refractivity contribution in [3.8, 4) is 0 Å². The number of pyridine rings is 1. The largest absolute Gasteiger partial charge is 0.477 e. The second-order valence-corrected chi connectivity index (χ2v) is 4.34. The smallest absolute Gasteiger partial charge is 0.354 e. The van der Waals surface area contributed by atoms with Crippen LogP contribution in [-0.2, 0) is 6.54 Å². The van der Waals surface area contributed by atoms with Crippen molar-refractivity contribution in [1.82, 2.24) is 9.88 Å². The van der Waals surface area contributed by atoms with E-state index in [1.165, 1.54) is 6.07 Å². The third kappa shape index (κ3) is 5.25. The summed E-state index contributed by atoms with van der Waals surface area (Å²) in [5.74, 6) is -0.998. The maximum atomic E-state index is 10.8. The van der Waals surface area contributed by atoms with Crippen LogP contribution in [0.1, 0.15) is 35.4 Å². The number of hydrogen-bond acceptors (Lipinski definition) is 4. The van der Waals surface area contributed by atoms with E-state index >= 15 is 0 Å². The van der Waals surface area contributed by atoms with Crippen molar-refractivity contribution in [2.75, 3.05) is 20.2 Å². The van der Waals surface area contributed by atoms with E-state index in [-0.39, 0.29) is 12.3 Å².